The van der Waals surface area contributed by atoms with Gasteiger partial charge in [0.15, 0.2) is 0 Å². The van der Waals surface area contributed by atoms with Crippen LogP contribution in [-0.2, 0) is 9.53 Å². The first-order chi connectivity index (χ1) is 10.6. The van der Waals surface area contributed by atoms with Crippen molar-refractivity contribution in [1.82, 2.24) is 15.1 Å². The van der Waals surface area contributed by atoms with Gasteiger partial charge < -0.3 is 15.0 Å². The quantitative estimate of drug-likeness (QED) is 0.840. The topological polar surface area (TPSA) is 44.8 Å². The van der Waals surface area contributed by atoms with E-state index in [1.54, 1.807) is 0 Å². The Balaban J connectivity index is 1.36. The van der Waals surface area contributed by atoms with Crippen molar-refractivity contribution in [3.05, 3.63) is 0 Å². The fourth-order valence-electron chi connectivity index (χ4n) is 4.00. The molecule has 3 aliphatic rings. The van der Waals surface area contributed by atoms with Gasteiger partial charge in [0.05, 0.1) is 18.1 Å². The molecule has 0 spiro atoms. The number of carbonyl (C=O) groups is 1. The first-order valence-electron chi connectivity index (χ1n) is 8.99. The number of nitrogens with one attached hydrogen (secondary N) is 1. The Morgan fingerprint density at radius 3 is 2.32 bits per heavy atom. The van der Waals surface area contributed by atoms with Crippen molar-refractivity contribution in [2.24, 2.45) is 11.8 Å². The summed E-state index contributed by atoms with van der Waals surface area (Å²) in [5, 5.41) is 3.19. The van der Waals surface area contributed by atoms with Gasteiger partial charge in [-0.15, -0.1) is 0 Å². The number of likely N-dealkylation sites (tertiary alicyclic amines) is 1. The number of rotatable bonds is 4. The van der Waals surface area contributed by atoms with Crippen LogP contribution in [0.15, 0.2) is 0 Å². The lowest BCUT2D eigenvalue weighted by Gasteiger charge is -2.38. The molecule has 0 aromatic rings. The molecule has 2 atom stereocenters. The smallest absolute Gasteiger partial charge is 0.228 e. The van der Waals surface area contributed by atoms with Crippen LogP contribution in [-0.4, -0.2) is 73.7 Å². The lowest BCUT2D eigenvalue weighted by Crippen LogP contribution is -2.53. The Morgan fingerprint density at radius 2 is 1.77 bits per heavy atom. The van der Waals surface area contributed by atoms with Crippen molar-refractivity contribution in [1.29, 1.82) is 0 Å². The first kappa shape index (κ1) is 16.2. The number of hydrogen-bond acceptors (Lipinski definition) is 4. The van der Waals surface area contributed by atoms with Crippen LogP contribution in [0.1, 0.15) is 33.1 Å². The summed E-state index contributed by atoms with van der Waals surface area (Å²) in [6.45, 7) is 11.4. The molecule has 0 aliphatic carbocycles. The SMILES string of the molecule is CC1CN(CCC2CCN(C(=O)C3CNC3)CC2)CC(C)O1. The predicted octanol–water partition coefficient (Wildman–Crippen LogP) is 0.944. The van der Waals surface area contributed by atoms with E-state index in [-0.39, 0.29) is 5.92 Å². The van der Waals surface area contributed by atoms with Gasteiger partial charge in [-0.25, -0.2) is 0 Å². The number of nitrogens with zero attached hydrogens (tertiary/aromatic N) is 2. The molecule has 3 heterocycles. The molecule has 22 heavy (non-hydrogen) atoms. The minimum Gasteiger partial charge on any atom is -0.373 e. The molecule has 0 bridgehead atoms. The lowest BCUT2D eigenvalue weighted by molar-refractivity contribution is -0.138. The van der Waals surface area contributed by atoms with E-state index >= 15 is 0 Å². The highest BCUT2D eigenvalue weighted by Gasteiger charge is 2.31. The molecular formula is C17H31N3O2. The zero-order valence-electron chi connectivity index (χ0n) is 14.1. The second kappa shape index (κ2) is 7.28. The van der Waals surface area contributed by atoms with Crippen LogP contribution >= 0.6 is 0 Å². The summed E-state index contributed by atoms with van der Waals surface area (Å²) in [4.78, 5) is 16.9. The fourth-order valence-corrected chi connectivity index (χ4v) is 4.00. The summed E-state index contributed by atoms with van der Waals surface area (Å²) in [6, 6.07) is 0. The molecule has 1 amide bonds. The van der Waals surface area contributed by atoms with E-state index in [9.17, 15) is 4.79 Å². The van der Waals surface area contributed by atoms with Crippen molar-refractivity contribution >= 4 is 5.91 Å². The third-order valence-corrected chi connectivity index (χ3v) is 5.41. The highest BCUT2D eigenvalue weighted by molar-refractivity contribution is 5.80. The number of amides is 1. The molecule has 3 rings (SSSR count). The van der Waals surface area contributed by atoms with Crippen LogP contribution < -0.4 is 5.32 Å². The average molecular weight is 309 g/mol. The van der Waals surface area contributed by atoms with Crippen molar-refractivity contribution < 1.29 is 9.53 Å². The van der Waals surface area contributed by atoms with E-state index in [1.165, 1.54) is 25.8 Å². The Morgan fingerprint density at radius 1 is 1.14 bits per heavy atom. The molecule has 0 aromatic carbocycles. The number of hydrogen-bond donors (Lipinski definition) is 1. The molecule has 0 saturated carbocycles. The van der Waals surface area contributed by atoms with Crippen LogP contribution in [0, 0.1) is 11.8 Å². The van der Waals surface area contributed by atoms with E-state index < -0.39 is 0 Å². The van der Waals surface area contributed by atoms with Crippen molar-refractivity contribution in [3.8, 4) is 0 Å². The maximum atomic E-state index is 12.2. The molecule has 5 heteroatoms. The van der Waals surface area contributed by atoms with Gasteiger partial charge in [-0.2, -0.15) is 0 Å². The fraction of sp³-hybridized carbons (Fsp3) is 0.941. The van der Waals surface area contributed by atoms with Crippen LogP contribution in [0.4, 0.5) is 0 Å². The predicted molar refractivity (Wildman–Crippen MR) is 86.7 cm³/mol. The van der Waals surface area contributed by atoms with Crippen LogP contribution in [0.3, 0.4) is 0 Å². The van der Waals surface area contributed by atoms with Crippen molar-refractivity contribution in [2.45, 2.75) is 45.3 Å². The molecule has 3 fully saturated rings. The van der Waals surface area contributed by atoms with Crippen LogP contribution in [0.5, 0.6) is 0 Å². The molecule has 5 nitrogen and oxygen atoms in total. The largest absolute Gasteiger partial charge is 0.373 e. The highest BCUT2D eigenvalue weighted by Crippen LogP contribution is 2.23. The van der Waals surface area contributed by atoms with E-state index in [2.05, 4.69) is 29.0 Å². The first-order valence-corrected chi connectivity index (χ1v) is 8.99. The number of ether oxygens (including phenoxy) is 1. The maximum absolute atomic E-state index is 12.2. The van der Waals surface area contributed by atoms with Gasteiger partial charge in [-0.1, -0.05) is 0 Å². The molecule has 1 N–H and O–H groups in total. The summed E-state index contributed by atoms with van der Waals surface area (Å²) < 4.78 is 5.80. The number of piperidine rings is 1. The summed E-state index contributed by atoms with van der Waals surface area (Å²) in [5.41, 5.74) is 0. The van der Waals surface area contributed by atoms with Crippen molar-refractivity contribution in [2.75, 3.05) is 45.8 Å². The van der Waals surface area contributed by atoms with E-state index in [1.807, 2.05) is 0 Å². The molecule has 0 aromatic heterocycles. The van der Waals surface area contributed by atoms with E-state index in [0.29, 0.717) is 18.1 Å². The maximum Gasteiger partial charge on any atom is 0.228 e. The van der Waals surface area contributed by atoms with Crippen molar-refractivity contribution in [3.63, 3.8) is 0 Å². The minimum absolute atomic E-state index is 0.257. The van der Waals surface area contributed by atoms with Gasteiger partial charge in [0.2, 0.25) is 5.91 Å². The van der Waals surface area contributed by atoms with Gasteiger partial charge in [0.1, 0.15) is 0 Å². The molecule has 3 aliphatic heterocycles. The van der Waals surface area contributed by atoms with Gasteiger partial charge in [0, 0.05) is 39.3 Å². The third-order valence-electron chi connectivity index (χ3n) is 5.41. The lowest BCUT2D eigenvalue weighted by atomic mass is 9.91. The van der Waals surface area contributed by atoms with Gasteiger partial charge in [-0.3, -0.25) is 9.69 Å². The normalized spacial score (nSPS) is 32.0. The molecular weight excluding hydrogens is 278 g/mol. The standard InChI is InChI=1S/C17H31N3O2/c1-13-11-19(12-14(2)22-13)6-3-15-4-7-20(8-5-15)17(21)16-9-18-10-16/h13-16,18H,3-12H2,1-2H3. The molecule has 0 radical (unpaired) electrons. The summed E-state index contributed by atoms with van der Waals surface area (Å²) in [6.07, 6.45) is 4.35. The molecule has 2 unspecified atom stereocenters. The summed E-state index contributed by atoms with van der Waals surface area (Å²) >= 11 is 0. The van der Waals surface area contributed by atoms with E-state index in [4.69, 9.17) is 4.74 Å². The van der Waals surface area contributed by atoms with Gasteiger partial charge in [-0.05, 0) is 45.6 Å². The van der Waals surface area contributed by atoms with E-state index in [0.717, 1.165) is 45.2 Å². The molecule has 126 valence electrons. The minimum atomic E-state index is 0.257. The Kier molecular flexibility index (Phi) is 5.37. The highest BCUT2D eigenvalue weighted by atomic mass is 16.5. The van der Waals surface area contributed by atoms with Gasteiger partial charge in [0.25, 0.3) is 0 Å². The third kappa shape index (κ3) is 4.00. The second-order valence-corrected chi connectivity index (χ2v) is 7.43. The van der Waals surface area contributed by atoms with Crippen LogP contribution in [0.25, 0.3) is 0 Å². The second-order valence-electron chi connectivity index (χ2n) is 7.43. The summed E-state index contributed by atoms with van der Waals surface area (Å²) in [7, 11) is 0. The van der Waals surface area contributed by atoms with Crippen LogP contribution in [0.2, 0.25) is 0 Å². The Labute approximate surface area is 134 Å². The molecule has 3 saturated heterocycles. The summed E-state index contributed by atoms with van der Waals surface area (Å²) in [5.74, 6) is 1.43. The average Bonchev–Trinajstić information content (AvgIpc) is 2.43. The Bertz CT molecular complexity index is 368. The number of morpholine rings is 1. The monoisotopic (exact) mass is 309 g/mol. The zero-order chi connectivity index (χ0) is 15.5. The zero-order valence-corrected chi connectivity index (χ0v) is 14.1. The number of carbonyl (C=O) groups excluding carboxylic acids is 1. The van der Waals surface area contributed by atoms with Gasteiger partial charge >= 0.3 is 0 Å². The Hall–Kier alpha value is -0.650.